The molecule has 0 saturated heterocycles. The molecule has 6 aromatic rings. The van der Waals surface area contributed by atoms with Crippen LogP contribution in [0, 0.1) is 13.8 Å². The molecule has 66 heavy (non-hydrogen) atoms. The van der Waals surface area contributed by atoms with Crippen LogP contribution in [0.15, 0.2) is 194 Å². The highest BCUT2D eigenvalue weighted by molar-refractivity contribution is 6.13. The number of aryl methyl sites for hydroxylation is 2. The minimum atomic E-state index is -0.697. The van der Waals surface area contributed by atoms with Gasteiger partial charge in [0.25, 0.3) is 0 Å². The van der Waals surface area contributed by atoms with E-state index in [4.69, 9.17) is 0 Å². The summed E-state index contributed by atoms with van der Waals surface area (Å²) in [7, 11) is 0. The second-order valence-electron chi connectivity index (χ2n) is 16.7. The van der Waals surface area contributed by atoms with Crippen LogP contribution in [0.2, 0.25) is 0 Å². The number of rotatable bonds is 16. The summed E-state index contributed by atoms with van der Waals surface area (Å²) in [4.78, 5) is 46.4. The van der Waals surface area contributed by atoms with Gasteiger partial charge in [0.1, 0.15) is 0 Å². The third-order valence-corrected chi connectivity index (χ3v) is 12.6. The van der Waals surface area contributed by atoms with Crippen LogP contribution in [0.1, 0.15) is 81.9 Å². The van der Waals surface area contributed by atoms with Gasteiger partial charge in [0.2, 0.25) is 0 Å². The smallest absolute Gasteiger partial charge is 0.193 e. The molecule has 0 bridgehead atoms. The van der Waals surface area contributed by atoms with Crippen LogP contribution < -0.4 is 0 Å². The number of allylic oxidation sites excluding steroid dienone is 4. The van der Waals surface area contributed by atoms with Gasteiger partial charge in [-0.3, -0.25) is 14.4 Å². The van der Waals surface area contributed by atoms with Gasteiger partial charge < -0.3 is 30.2 Å². The van der Waals surface area contributed by atoms with Crippen molar-refractivity contribution in [3.8, 4) is 0 Å². The lowest BCUT2D eigenvalue weighted by atomic mass is 9.76. The molecule has 9 nitrogen and oxygen atoms in total. The zero-order chi connectivity index (χ0) is 46.3. The molecule has 0 fully saturated rings. The highest BCUT2D eigenvalue weighted by Gasteiger charge is 2.36. The van der Waals surface area contributed by atoms with Crippen molar-refractivity contribution in [3.63, 3.8) is 0 Å². The van der Waals surface area contributed by atoms with E-state index >= 15 is 0 Å². The molecule has 332 valence electrons. The van der Waals surface area contributed by atoms with Gasteiger partial charge in [-0.25, -0.2) is 0 Å². The van der Waals surface area contributed by atoms with E-state index in [1.807, 2.05) is 135 Å². The topological polar surface area (TPSA) is 139 Å². The fourth-order valence-corrected chi connectivity index (χ4v) is 8.92. The number of ketones is 3. The summed E-state index contributed by atoms with van der Waals surface area (Å²) >= 11 is 0. The van der Waals surface area contributed by atoms with E-state index < -0.39 is 23.9 Å². The van der Waals surface area contributed by atoms with E-state index in [1.165, 1.54) is 0 Å². The molecule has 8 rings (SSSR count). The summed E-state index contributed by atoms with van der Waals surface area (Å²) in [6.45, 7) is 2.63. The van der Waals surface area contributed by atoms with Crippen molar-refractivity contribution in [3.05, 3.63) is 249 Å². The Kier molecular flexibility index (Phi) is 13.9. The summed E-state index contributed by atoms with van der Waals surface area (Å²) < 4.78 is 0. The molecule has 0 aromatic heterocycles. The van der Waals surface area contributed by atoms with Crippen LogP contribution in [-0.4, -0.2) is 86.1 Å². The normalized spacial score (nSPS) is 16.1. The average molecular weight is 877 g/mol. The van der Waals surface area contributed by atoms with Crippen LogP contribution in [0.25, 0.3) is 11.1 Å². The Hall–Kier alpha value is -7.27. The van der Waals surface area contributed by atoms with Crippen molar-refractivity contribution < 1.29 is 34.8 Å². The first kappa shape index (κ1) is 45.3. The predicted molar refractivity (Wildman–Crippen MR) is 257 cm³/mol. The highest BCUT2D eigenvalue weighted by Crippen LogP contribution is 2.46. The van der Waals surface area contributed by atoms with Crippen molar-refractivity contribution in [2.45, 2.75) is 37.8 Å². The van der Waals surface area contributed by atoms with Gasteiger partial charge in [-0.15, -0.1) is 0 Å². The van der Waals surface area contributed by atoms with Gasteiger partial charge in [-0.2, -0.15) is 0 Å². The Morgan fingerprint density at radius 2 is 0.727 bits per heavy atom. The monoisotopic (exact) mass is 876 g/mol. The molecule has 6 aromatic carbocycles. The largest absolute Gasteiger partial charge is 0.394 e. The fourth-order valence-electron chi connectivity index (χ4n) is 8.92. The van der Waals surface area contributed by atoms with Crippen molar-refractivity contribution in [2.24, 2.45) is 0 Å². The van der Waals surface area contributed by atoms with E-state index in [9.17, 15) is 34.8 Å². The molecular weight excluding hydrogens is 825 g/mol. The second-order valence-corrected chi connectivity index (χ2v) is 16.7. The average Bonchev–Trinajstić information content (AvgIpc) is 3.37. The lowest BCUT2D eigenvalue weighted by Crippen LogP contribution is -2.37. The van der Waals surface area contributed by atoms with E-state index in [-0.39, 0.29) is 43.8 Å². The number of hydrogen-bond donors (Lipinski definition) is 4. The van der Waals surface area contributed by atoms with Gasteiger partial charge in [-0.05, 0) is 58.4 Å². The third-order valence-electron chi connectivity index (χ3n) is 12.6. The summed E-state index contributed by atoms with van der Waals surface area (Å²) in [5.74, 6) is -1.57. The number of nitrogens with zero attached hydrogens (tertiary/aromatic N) is 2. The van der Waals surface area contributed by atoms with Crippen LogP contribution in [-0.2, 0) is 0 Å². The molecule has 2 unspecified atom stereocenters. The Bertz CT molecular complexity index is 2640. The molecule has 2 heterocycles. The number of aliphatic hydroxyl groups excluding tert-OH is 4. The summed E-state index contributed by atoms with van der Waals surface area (Å²) in [6, 6.07) is 47.0. The number of aliphatic hydroxyl groups is 4. The maximum Gasteiger partial charge on any atom is 0.193 e. The van der Waals surface area contributed by atoms with Crippen molar-refractivity contribution in [1.82, 2.24) is 9.80 Å². The van der Waals surface area contributed by atoms with Gasteiger partial charge in [0.15, 0.2) is 17.3 Å². The SMILES string of the molecule is Cc1ccccc1C1C(C(=O)c2ccccc2)=CN(C(CO)CO)C=C1c1ccc(C(=O)c2ccc(C3=CN(C(CO)CO)C=C(C(=O)c4ccccc4)C3c3ccccc3C)cc2)cc1. The van der Waals surface area contributed by atoms with Crippen LogP contribution >= 0.6 is 0 Å². The number of carbonyl (C=O) groups excluding carboxylic acids is 3. The molecule has 4 N–H and O–H groups in total. The third kappa shape index (κ3) is 9.15. The molecule has 9 heteroatoms. The molecule has 2 atom stereocenters. The fraction of sp³-hybridized carbons (Fsp3) is 0.175. The zero-order valence-electron chi connectivity index (χ0n) is 36.9. The van der Waals surface area contributed by atoms with E-state index in [1.54, 1.807) is 70.7 Å². The first-order chi connectivity index (χ1) is 32.1. The Morgan fingerprint density at radius 3 is 1.06 bits per heavy atom. The minimum Gasteiger partial charge on any atom is -0.394 e. The molecule has 0 saturated carbocycles. The Morgan fingerprint density at radius 1 is 0.409 bits per heavy atom. The zero-order valence-corrected chi connectivity index (χ0v) is 36.9. The highest BCUT2D eigenvalue weighted by atomic mass is 16.3. The number of benzene rings is 6. The lowest BCUT2D eigenvalue weighted by Gasteiger charge is -2.35. The van der Waals surface area contributed by atoms with Gasteiger partial charge in [-0.1, -0.05) is 158 Å². The van der Waals surface area contributed by atoms with Crippen LogP contribution in [0.5, 0.6) is 0 Å². The summed E-state index contributed by atoms with van der Waals surface area (Å²) in [5.41, 5.74) is 9.77. The van der Waals surface area contributed by atoms with E-state index in [2.05, 4.69) is 0 Å². The van der Waals surface area contributed by atoms with Crippen molar-refractivity contribution in [2.75, 3.05) is 26.4 Å². The predicted octanol–water partition coefficient (Wildman–Crippen LogP) is 8.66. The Balaban J connectivity index is 1.14. The lowest BCUT2D eigenvalue weighted by molar-refractivity contribution is 0.101. The molecule has 2 aliphatic rings. The summed E-state index contributed by atoms with van der Waals surface area (Å²) in [6.07, 6.45) is 7.20. The maximum atomic E-state index is 14.4. The minimum absolute atomic E-state index is 0.178. The first-order valence-corrected chi connectivity index (χ1v) is 22.1. The molecule has 0 spiro atoms. The van der Waals surface area contributed by atoms with Crippen LogP contribution in [0.4, 0.5) is 0 Å². The first-order valence-electron chi connectivity index (χ1n) is 22.1. The maximum absolute atomic E-state index is 14.4. The summed E-state index contributed by atoms with van der Waals surface area (Å²) in [5, 5.41) is 41.1. The standard InChI is InChI=1S/C57H52N2O7/c1-37-13-9-11-19-47(37)53-49(29-58(45(33-60)34-61)31-51(53)56(65)41-15-5-3-6-16-41)39-21-25-43(26-22-39)55(64)44-27-23-40(24-28-44)50-30-59(46(35-62)36-63)32-52(57(66)42-17-7-4-8-18-42)54(50)48-20-12-10-14-38(48)2/h3-32,45-46,53-54,60-63H,33-36H2,1-2H3. The van der Waals surface area contributed by atoms with Gasteiger partial charge in [0, 0.05) is 70.0 Å². The quantitative estimate of drug-likeness (QED) is 0.0704. The molecule has 0 radical (unpaired) electrons. The molecule has 0 aliphatic carbocycles. The van der Waals surface area contributed by atoms with Crippen LogP contribution in [0.3, 0.4) is 0 Å². The van der Waals surface area contributed by atoms with E-state index in [0.29, 0.717) is 33.4 Å². The number of carbonyl (C=O) groups is 3. The molecule has 2 aliphatic heterocycles. The van der Waals surface area contributed by atoms with Crippen molar-refractivity contribution >= 4 is 28.5 Å². The second kappa shape index (κ2) is 20.3. The van der Waals surface area contributed by atoms with E-state index in [0.717, 1.165) is 44.5 Å². The van der Waals surface area contributed by atoms with Crippen molar-refractivity contribution in [1.29, 1.82) is 0 Å². The molecular formula is C57H52N2O7. The number of hydrogen-bond acceptors (Lipinski definition) is 9. The molecule has 0 amide bonds. The van der Waals surface area contributed by atoms with Gasteiger partial charge >= 0.3 is 0 Å². The Labute approximate surface area is 385 Å². The van der Waals surface area contributed by atoms with Gasteiger partial charge in [0.05, 0.1) is 38.5 Å². The number of Topliss-reactive ketones (excluding diaryl/α,β-unsaturated/α-hetero) is 2.